The van der Waals surface area contributed by atoms with Gasteiger partial charge in [-0.2, -0.15) is 0 Å². The normalized spacial score (nSPS) is 15.7. The molecule has 0 unspecified atom stereocenters. The molecule has 2 N–H and O–H groups in total. The summed E-state index contributed by atoms with van der Waals surface area (Å²) in [4.78, 5) is 28.5. The molecule has 1 fully saturated rings. The highest BCUT2D eigenvalue weighted by Crippen LogP contribution is 2.20. The van der Waals surface area contributed by atoms with Crippen molar-refractivity contribution in [2.45, 2.75) is 18.9 Å². The minimum Gasteiger partial charge on any atom is -0.453 e. The molecular weight excluding hydrogens is 318 g/mol. The Bertz CT molecular complexity index is 735. The van der Waals surface area contributed by atoms with E-state index >= 15 is 0 Å². The van der Waals surface area contributed by atoms with Crippen LogP contribution in [-0.2, 0) is 4.74 Å². The monoisotopic (exact) mass is 335 g/mol. The lowest BCUT2D eigenvalue weighted by molar-refractivity contribution is 0.0888. The van der Waals surface area contributed by atoms with Crippen LogP contribution in [0.25, 0.3) is 10.9 Å². The van der Waals surface area contributed by atoms with Crippen LogP contribution in [0.5, 0.6) is 0 Å². The number of H-pyrrole nitrogens is 1. The van der Waals surface area contributed by atoms with Crippen LogP contribution in [-0.4, -0.2) is 48.1 Å². The number of hydrogen-bond acceptors (Lipinski definition) is 3. The first-order valence-electron chi connectivity index (χ1n) is 7.49. The van der Waals surface area contributed by atoms with Gasteiger partial charge in [-0.1, -0.05) is 17.7 Å². The Labute approximate surface area is 138 Å². The fourth-order valence-corrected chi connectivity index (χ4v) is 2.99. The van der Waals surface area contributed by atoms with Crippen LogP contribution in [0.2, 0.25) is 5.02 Å². The second-order valence-corrected chi connectivity index (χ2v) is 6.06. The lowest BCUT2D eigenvalue weighted by Crippen LogP contribution is -2.46. The number of rotatable bonds is 2. The molecule has 1 saturated heterocycles. The van der Waals surface area contributed by atoms with Crippen molar-refractivity contribution in [3.63, 3.8) is 0 Å². The van der Waals surface area contributed by atoms with Crippen LogP contribution >= 0.6 is 11.6 Å². The van der Waals surface area contributed by atoms with Gasteiger partial charge in [0.25, 0.3) is 5.91 Å². The highest BCUT2D eigenvalue weighted by atomic mass is 35.5. The van der Waals surface area contributed by atoms with Crippen LogP contribution < -0.4 is 5.32 Å². The lowest BCUT2D eigenvalue weighted by Gasteiger charge is -2.31. The van der Waals surface area contributed by atoms with Gasteiger partial charge in [-0.25, -0.2) is 4.79 Å². The number of likely N-dealkylation sites (tertiary alicyclic amines) is 1. The Morgan fingerprint density at radius 2 is 2.04 bits per heavy atom. The van der Waals surface area contributed by atoms with Crippen molar-refractivity contribution in [1.82, 2.24) is 15.2 Å². The van der Waals surface area contributed by atoms with Gasteiger partial charge in [0.2, 0.25) is 0 Å². The van der Waals surface area contributed by atoms with E-state index in [1.54, 1.807) is 17.0 Å². The van der Waals surface area contributed by atoms with Crippen molar-refractivity contribution in [2.75, 3.05) is 20.2 Å². The number of methoxy groups -OCH3 is 1. The van der Waals surface area contributed by atoms with Gasteiger partial charge in [0, 0.05) is 35.1 Å². The molecule has 7 heteroatoms. The van der Waals surface area contributed by atoms with Crippen molar-refractivity contribution in [1.29, 1.82) is 0 Å². The largest absolute Gasteiger partial charge is 0.453 e. The smallest absolute Gasteiger partial charge is 0.409 e. The second-order valence-electron chi connectivity index (χ2n) is 5.62. The summed E-state index contributed by atoms with van der Waals surface area (Å²) >= 11 is 5.95. The molecule has 2 aromatic rings. The number of benzene rings is 1. The van der Waals surface area contributed by atoms with Gasteiger partial charge < -0.3 is 19.9 Å². The molecule has 1 aromatic carbocycles. The van der Waals surface area contributed by atoms with Crippen LogP contribution in [0.15, 0.2) is 24.3 Å². The first-order chi connectivity index (χ1) is 11.1. The van der Waals surface area contributed by atoms with Crippen molar-refractivity contribution in [3.05, 3.63) is 35.0 Å². The quantitative estimate of drug-likeness (QED) is 0.886. The summed E-state index contributed by atoms with van der Waals surface area (Å²) in [6, 6.07) is 7.33. The van der Waals surface area contributed by atoms with E-state index in [4.69, 9.17) is 16.3 Å². The summed E-state index contributed by atoms with van der Waals surface area (Å²) in [5.74, 6) is -0.145. The van der Waals surface area contributed by atoms with Gasteiger partial charge in [-0.05, 0) is 31.0 Å². The number of carbonyl (C=O) groups excluding carboxylic acids is 2. The zero-order chi connectivity index (χ0) is 16.4. The molecular formula is C16H18ClN3O3. The van der Waals surface area contributed by atoms with Gasteiger partial charge in [0.05, 0.1) is 7.11 Å². The molecule has 0 spiro atoms. The fourth-order valence-electron chi connectivity index (χ4n) is 2.82. The highest BCUT2D eigenvalue weighted by Gasteiger charge is 2.24. The molecule has 23 heavy (non-hydrogen) atoms. The number of fused-ring (bicyclic) bond motifs is 1. The average Bonchev–Trinajstić information content (AvgIpc) is 2.98. The van der Waals surface area contributed by atoms with E-state index in [1.807, 2.05) is 12.1 Å². The number of hydrogen-bond donors (Lipinski definition) is 2. The molecule has 2 amide bonds. The summed E-state index contributed by atoms with van der Waals surface area (Å²) in [6.07, 6.45) is 1.11. The van der Waals surface area contributed by atoms with Crippen LogP contribution in [0.1, 0.15) is 23.3 Å². The number of piperidine rings is 1. The number of nitrogens with one attached hydrogen (secondary N) is 2. The van der Waals surface area contributed by atoms with E-state index in [-0.39, 0.29) is 18.0 Å². The zero-order valence-corrected chi connectivity index (χ0v) is 13.5. The van der Waals surface area contributed by atoms with E-state index in [1.165, 1.54) is 7.11 Å². The molecule has 0 saturated carbocycles. The van der Waals surface area contributed by atoms with E-state index in [2.05, 4.69) is 10.3 Å². The summed E-state index contributed by atoms with van der Waals surface area (Å²) < 4.78 is 4.70. The second kappa shape index (κ2) is 6.50. The molecule has 1 aromatic heterocycles. The molecule has 122 valence electrons. The maximum Gasteiger partial charge on any atom is 0.409 e. The van der Waals surface area contributed by atoms with Crippen LogP contribution in [0.3, 0.4) is 0 Å². The number of ether oxygens (including phenoxy) is 1. The van der Waals surface area contributed by atoms with E-state index < -0.39 is 0 Å². The number of aromatic nitrogens is 1. The molecule has 3 rings (SSSR count). The molecule has 0 radical (unpaired) electrons. The predicted molar refractivity (Wildman–Crippen MR) is 87.8 cm³/mol. The standard InChI is InChI=1S/C16H18ClN3O3/c1-23-16(22)20-6-4-12(5-7-20)18-15(21)14-8-10-2-3-11(17)9-13(10)19-14/h2-3,8-9,12,19H,4-7H2,1H3,(H,18,21). The van der Waals surface area contributed by atoms with Crippen molar-refractivity contribution >= 4 is 34.5 Å². The van der Waals surface area contributed by atoms with Gasteiger partial charge in [-0.15, -0.1) is 0 Å². The number of nitrogens with zero attached hydrogens (tertiary/aromatic N) is 1. The highest BCUT2D eigenvalue weighted by molar-refractivity contribution is 6.31. The SMILES string of the molecule is COC(=O)N1CCC(NC(=O)c2cc3ccc(Cl)cc3[nH]2)CC1. The number of carbonyl (C=O) groups is 2. The third kappa shape index (κ3) is 3.42. The van der Waals surface area contributed by atoms with E-state index in [0.717, 1.165) is 10.9 Å². The lowest BCUT2D eigenvalue weighted by atomic mass is 10.1. The first kappa shape index (κ1) is 15.7. The Morgan fingerprint density at radius 3 is 2.74 bits per heavy atom. The Hall–Kier alpha value is -2.21. The Morgan fingerprint density at radius 1 is 1.30 bits per heavy atom. The molecule has 1 aliphatic heterocycles. The number of aromatic amines is 1. The Balaban J connectivity index is 1.62. The molecule has 1 aliphatic rings. The maximum absolute atomic E-state index is 12.4. The van der Waals surface area contributed by atoms with Gasteiger partial charge in [0.1, 0.15) is 5.69 Å². The predicted octanol–water partition coefficient (Wildman–Crippen LogP) is 2.78. The first-order valence-corrected chi connectivity index (χ1v) is 7.86. The molecule has 0 aliphatic carbocycles. The number of halogens is 1. The van der Waals surface area contributed by atoms with Gasteiger partial charge >= 0.3 is 6.09 Å². The van der Waals surface area contributed by atoms with E-state index in [9.17, 15) is 9.59 Å². The van der Waals surface area contributed by atoms with E-state index in [0.29, 0.717) is 36.6 Å². The molecule has 0 atom stereocenters. The summed E-state index contributed by atoms with van der Waals surface area (Å²) in [5.41, 5.74) is 1.35. The average molecular weight is 336 g/mol. The third-order valence-electron chi connectivity index (χ3n) is 4.09. The molecule has 6 nitrogen and oxygen atoms in total. The summed E-state index contributed by atoms with van der Waals surface area (Å²) in [6.45, 7) is 1.17. The summed E-state index contributed by atoms with van der Waals surface area (Å²) in [7, 11) is 1.37. The molecule has 0 bridgehead atoms. The van der Waals surface area contributed by atoms with Gasteiger partial charge in [-0.3, -0.25) is 4.79 Å². The van der Waals surface area contributed by atoms with Crippen molar-refractivity contribution in [2.24, 2.45) is 0 Å². The zero-order valence-electron chi connectivity index (χ0n) is 12.8. The van der Waals surface area contributed by atoms with Crippen LogP contribution in [0.4, 0.5) is 4.79 Å². The van der Waals surface area contributed by atoms with Crippen LogP contribution in [0, 0.1) is 0 Å². The molecule has 2 heterocycles. The minimum absolute atomic E-state index is 0.0541. The topological polar surface area (TPSA) is 74.4 Å². The fraction of sp³-hybridized carbons (Fsp3) is 0.375. The Kier molecular flexibility index (Phi) is 4.43. The summed E-state index contributed by atoms with van der Waals surface area (Å²) in [5, 5.41) is 4.58. The maximum atomic E-state index is 12.4. The minimum atomic E-state index is -0.317. The van der Waals surface area contributed by atoms with Crippen molar-refractivity contribution < 1.29 is 14.3 Å². The number of amides is 2. The van der Waals surface area contributed by atoms with Crippen molar-refractivity contribution in [3.8, 4) is 0 Å². The third-order valence-corrected chi connectivity index (χ3v) is 4.33. The van der Waals surface area contributed by atoms with Gasteiger partial charge in [0.15, 0.2) is 0 Å².